The fraction of sp³-hybridized carbons (Fsp3) is 0.415. The molecule has 1 radical (unpaired) electrons. The van der Waals surface area contributed by atoms with Gasteiger partial charge in [-0.2, -0.15) is 0 Å². The van der Waals surface area contributed by atoms with E-state index in [0.29, 0.717) is 30.6 Å². The van der Waals surface area contributed by atoms with Gasteiger partial charge in [0.1, 0.15) is 0 Å². The molecule has 4 aromatic rings. The van der Waals surface area contributed by atoms with Gasteiger partial charge in [-0.25, -0.2) is 0 Å². The number of rotatable bonds is 7. The van der Waals surface area contributed by atoms with Crippen LogP contribution >= 0.6 is 0 Å². The number of allylic oxidation sites excluding steroid dienone is 2. The predicted octanol–water partition coefficient (Wildman–Crippen LogP) is 11.2. The molecule has 3 aromatic carbocycles. The van der Waals surface area contributed by atoms with Crippen LogP contribution in [0, 0.1) is 30.7 Å². The molecule has 0 saturated carbocycles. The van der Waals surface area contributed by atoms with Crippen molar-refractivity contribution in [2.24, 2.45) is 17.8 Å². The first-order valence-corrected chi connectivity index (χ1v) is 16.2. The van der Waals surface area contributed by atoms with Crippen molar-refractivity contribution in [3.63, 3.8) is 0 Å². The minimum Gasteiger partial charge on any atom is -0.512 e. The number of nitrogens with zero attached hydrogens (tertiary/aromatic N) is 1. The third-order valence-corrected chi connectivity index (χ3v) is 7.91. The number of hydrogen-bond acceptors (Lipinski definition) is 3. The van der Waals surface area contributed by atoms with Crippen LogP contribution in [0.4, 0.5) is 0 Å². The SMILES string of the molecule is CC(C)CC(=O)/C=C(\O)CC(C)C.Cc1c[c-]c2c(c1)-c1cc(CC(C)C)ccc1-c1cc(C(C)(C)C)cc3ccnc-2c13.[Ir]. The molecule has 1 N–H and O–H groups in total. The Labute approximate surface area is 284 Å². The molecule has 0 bridgehead atoms. The van der Waals surface area contributed by atoms with Crippen LogP contribution in [0.25, 0.3) is 44.3 Å². The molecule has 1 aromatic heterocycles. The molecule has 0 unspecified atom stereocenters. The number of carbonyl (C=O) groups is 1. The summed E-state index contributed by atoms with van der Waals surface area (Å²) in [6, 6.07) is 21.9. The number of ketones is 1. The van der Waals surface area contributed by atoms with Gasteiger partial charge in [-0.05, 0) is 74.4 Å². The second-order valence-corrected chi connectivity index (χ2v) is 14.8. The molecule has 0 amide bonds. The van der Waals surface area contributed by atoms with Crippen molar-refractivity contribution >= 4 is 16.6 Å². The number of carbonyl (C=O) groups excluding carboxylic acids is 1. The van der Waals surface area contributed by atoms with E-state index in [1.807, 2.05) is 33.9 Å². The van der Waals surface area contributed by atoms with Crippen LogP contribution in [0.5, 0.6) is 0 Å². The molecule has 0 aliphatic heterocycles. The van der Waals surface area contributed by atoms with Gasteiger partial charge in [-0.1, -0.05) is 111 Å². The maximum Gasteiger partial charge on any atom is 0.159 e. The number of pyridine rings is 1. The number of aryl methyl sites for hydroxylation is 1. The molecule has 0 atom stereocenters. The van der Waals surface area contributed by atoms with Gasteiger partial charge in [0.25, 0.3) is 0 Å². The Balaban J connectivity index is 0.000000338. The molecule has 45 heavy (non-hydrogen) atoms. The minimum atomic E-state index is 0. The first-order chi connectivity index (χ1) is 20.6. The maximum absolute atomic E-state index is 11.2. The Morgan fingerprint density at radius 2 is 1.56 bits per heavy atom. The molecule has 241 valence electrons. The summed E-state index contributed by atoms with van der Waals surface area (Å²) >= 11 is 0. The summed E-state index contributed by atoms with van der Waals surface area (Å²) in [6.45, 7) is 21.6. The van der Waals surface area contributed by atoms with E-state index in [9.17, 15) is 9.90 Å². The molecule has 1 heterocycles. The Hall–Kier alpha value is -3.07. The molecule has 0 fully saturated rings. The summed E-state index contributed by atoms with van der Waals surface area (Å²) in [5.41, 5.74) is 11.4. The van der Waals surface area contributed by atoms with Gasteiger partial charge in [0, 0.05) is 45.2 Å². The largest absolute Gasteiger partial charge is 0.512 e. The van der Waals surface area contributed by atoms with E-state index in [1.54, 1.807) is 0 Å². The van der Waals surface area contributed by atoms with E-state index < -0.39 is 0 Å². The zero-order valence-corrected chi connectivity index (χ0v) is 31.2. The Bertz CT molecular complexity index is 1690. The van der Waals surface area contributed by atoms with Crippen molar-refractivity contribution in [3.05, 3.63) is 89.3 Å². The Morgan fingerprint density at radius 1 is 0.867 bits per heavy atom. The van der Waals surface area contributed by atoms with Crippen molar-refractivity contribution < 1.29 is 30.0 Å². The summed E-state index contributed by atoms with van der Waals surface area (Å²) in [5.74, 6) is 1.61. The molecule has 0 saturated heterocycles. The number of aliphatic hydroxyl groups excluding tert-OH is 1. The second-order valence-electron chi connectivity index (χ2n) is 14.8. The topological polar surface area (TPSA) is 50.2 Å². The zero-order chi connectivity index (χ0) is 32.3. The first kappa shape index (κ1) is 36.4. The summed E-state index contributed by atoms with van der Waals surface area (Å²) in [5, 5.41) is 11.8. The molecule has 1 aliphatic carbocycles. The summed E-state index contributed by atoms with van der Waals surface area (Å²) in [6.07, 6.45) is 5.50. The monoisotopic (exact) mass is 781 g/mol. The smallest absolute Gasteiger partial charge is 0.159 e. The van der Waals surface area contributed by atoms with Gasteiger partial charge < -0.3 is 10.1 Å². The van der Waals surface area contributed by atoms with Crippen molar-refractivity contribution in [1.29, 1.82) is 0 Å². The summed E-state index contributed by atoms with van der Waals surface area (Å²) < 4.78 is 0. The third kappa shape index (κ3) is 9.02. The molecular formula is C41H50IrNO2-. The van der Waals surface area contributed by atoms with Crippen LogP contribution in [0.3, 0.4) is 0 Å². The summed E-state index contributed by atoms with van der Waals surface area (Å²) in [7, 11) is 0. The molecule has 4 heteroatoms. The zero-order valence-electron chi connectivity index (χ0n) is 28.8. The van der Waals surface area contributed by atoms with Crippen LogP contribution in [0.2, 0.25) is 0 Å². The van der Waals surface area contributed by atoms with Crippen molar-refractivity contribution in [2.45, 2.75) is 93.9 Å². The number of aromatic nitrogens is 1. The standard InChI is InChI=1S/C30H30N.C11H20O2.Ir/c1-18(2)13-20-8-10-23-26(15-20)25-14-19(3)7-9-24(25)29-28-21(11-12-31-29)16-22(17-27(23)28)30(4,5)6;1-8(2)5-10(12)7-11(13)6-9(3)4;/h7-8,10-12,14-18H,13H2,1-6H3;7-9,12H,5-6H2,1-4H3;/q-1;;/b;10-7-;. The van der Waals surface area contributed by atoms with Crippen molar-refractivity contribution in [1.82, 2.24) is 4.98 Å². The quantitative estimate of drug-likeness (QED) is 0.102. The van der Waals surface area contributed by atoms with E-state index in [0.717, 1.165) is 17.7 Å². The number of hydrogen-bond donors (Lipinski definition) is 1. The second kappa shape index (κ2) is 15.0. The van der Waals surface area contributed by atoms with E-state index in [-0.39, 0.29) is 37.1 Å². The number of aliphatic hydroxyl groups is 1. The minimum absolute atomic E-state index is 0. The van der Waals surface area contributed by atoms with E-state index in [4.69, 9.17) is 4.98 Å². The molecule has 1 aliphatic rings. The van der Waals surface area contributed by atoms with E-state index in [1.165, 1.54) is 55.8 Å². The molecular weight excluding hydrogens is 731 g/mol. The Kier molecular flexibility index (Phi) is 12.1. The van der Waals surface area contributed by atoms with Gasteiger partial charge in [-0.15, -0.1) is 29.3 Å². The molecule has 5 rings (SSSR count). The first-order valence-electron chi connectivity index (χ1n) is 16.2. The van der Waals surface area contributed by atoms with Gasteiger partial charge in [0.15, 0.2) is 5.78 Å². The van der Waals surface area contributed by atoms with Gasteiger partial charge in [0.05, 0.1) is 5.76 Å². The average molecular weight is 781 g/mol. The van der Waals surface area contributed by atoms with Crippen LogP contribution < -0.4 is 0 Å². The number of fused-ring (bicyclic) bond motifs is 5. The van der Waals surface area contributed by atoms with Crippen molar-refractivity contribution in [3.8, 4) is 33.5 Å². The third-order valence-electron chi connectivity index (χ3n) is 7.91. The normalized spacial score (nSPS) is 12.3. The fourth-order valence-electron chi connectivity index (χ4n) is 5.94. The van der Waals surface area contributed by atoms with Crippen LogP contribution in [-0.2, 0) is 36.7 Å². The molecule has 3 nitrogen and oxygen atoms in total. The van der Waals surface area contributed by atoms with Gasteiger partial charge in [-0.3, -0.25) is 4.79 Å². The average Bonchev–Trinajstić information content (AvgIpc) is 3.01. The maximum atomic E-state index is 11.2. The predicted molar refractivity (Wildman–Crippen MR) is 187 cm³/mol. The fourth-order valence-corrected chi connectivity index (χ4v) is 5.94. The van der Waals surface area contributed by atoms with Crippen molar-refractivity contribution in [2.75, 3.05) is 0 Å². The van der Waals surface area contributed by atoms with E-state index in [2.05, 4.69) is 96.1 Å². The molecule has 0 spiro atoms. The van der Waals surface area contributed by atoms with Crippen LogP contribution in [0.1, 0.15) is 91.8 Å². The summed E-state index contributed by atoms with van der Waals surface area (Å²) in [4.78, 5) is 16.1. The Morgan fingerprint density at radius 3 is 2.18 bits per heavy atom. The van der Waals surface area contributed by atoms with Crippen LogP contribution in [0.15, 0.2) is 66.6 Å². The van der Waals surface area contributed by atoms with Gasteiger partial charge >= 0.3 is 0 Å². The van der Waals surface area contributed by atoms with E-state index >= 15 is 0 Å². The van der Waals surface area contributed by atoms with Crippen LogP contribution in [-0.4, -0.2) is 15.9 Å². The van der Waals surface area contributed by atoms with Gasteiger partial charge in [0.2, 0.25) is 0 Å². The number of benzene rings is 3.